The molecule has 0 radical (unpaired) electrons. The average molecular weight is 434 g/mol. The summed E-state index contributed by atoms with van der Waals surface area (Å²) in [6.45, 7) is 9.46. The second kappa shape index (κ2) is 6.32. The van der Waals surface area contributed by atoms with Gasteiger partial charge in [0.25, 0.3) is 0 Å². The first-order chi connectivity index (χ1) is 15.0. The molecule has 0 saturated heterocycles. The molecule has 1 aliphatic heterocycles. The van der Waals surface area contributed by atoms with E-state index in [1.54, 1.807) is 19.1 Å². The van der Waals surface area contributed by atoms with Gasteiger partial charge in [-0.2, -0.15) is 0 Å². The Kier molecular flexibility index (Phi) is 3.96. The van der Waals surface area contributed by atoms with Gasteiger partial charge in [0.1, 0.15) is 39.6 Å². The Labute approximate surface area is 183 Å². The molecule has 0 amide bonds. The highest BCUT2D eigenvalue weighted by atomic mass is 16.5. The highest BCUT2D eigenvalue weighted by molar-refractivity contribution is 5.92. The van der Waals surface area contributed by atoms with Gasteiger partial charge < -0.3 is 29.6 Å². The van der Waals surface area contributed by atoms with E-state index in [1.165, 1.54) is 6.07 Å². The van der Waals surface area contributed by atoms with Crippen LogP contribution in [0.4, 0.5) is 0 Å². The molecule has 3 aromatic rings. The molecule has 4 N–H and O–H groups in total. The van der Waals surface area contributed by atoms with Gasteiger partial charge in [0, 0.05) is 29.2 Å². The van der Waals surface area contributed by atoms with Crippen LogP contribution in [0, 0.1) is 0 Å². The molecule has 0 fully saturated rings. The van der Waals surface area contributed by atoms with E-state index in [0.29, 0.717) is 11.1 Å². The lowest BCUT2D eigenvalue weighted by Gasteiger charge is -2.34. The molecule has 32 heavy (non-hydrogen) atoms. The third kappa shape index (κ3) is 2.64. The average Bonchev–Trinajstić information content (AvgIpc) is 2.69. The quantitative estimate of drug-likeness (QED) is 0.324. The van der Waals surface area contributed by atoms with Crippen molar-refractivity contribution in [3.8, 4) is 40.1 Å². The predicted molar refractivity (Wildman–Crippen MR) is 120 cm³/mol. The summed E-state index contributed by atoms with van der Waals surface area (Å²) in [5, 5.41) is 42.6. The Bertz CT molecular complexity index is 1440. The third-order valence-electron chi connectivity index (χ3n) is 6.12. The maximum absolute atomic E-state index is 13.3. The Morgan fingerprint density at radius 1 is 1.16 bits per heavy atom. The number of hydrogen-bond donors (Lipinski definition) is 4. The fourth-order valence-electron chi connectivity index (χ4n) is 4.58. The third-order valence-corrected chi connectivity index (χ3v) is 6.12. The van der Waals surface area contributed by atoms with Crippen molar-refractivity contribution in [1.82, 2.24) is 0 Å². The van der Waals surface area contributed by atoms with Crippen molar-refractivity contribution in [2.45, 2.75) is 38.7 Å². The second-order valence-electron chi connectivity index (χ2n) is 8.95. The smallest absolute Gasteiger partial charge is 0.200 e. The van der Waals surface area contributed by atoms with Crippen LogP contribution in [0.2, 0.25) is 0 Å². The number of rotatable bonds is 1. The summed E-state index contributed by atoms with van der Waals surface area (Å²) in [6.07, 6.45) is 3.57. The van der Waals surface area contributed by atoms with E-state index < -0.39 is 22.7 Å². The molecule has 2 aromatic carbocycles. The van der Waals surface area contributed by atoms with E-state index in [2.05, 4.69) is 6.58 Å². The fraction of sp³-hybridized carbons (Fsp3) is 0.240. The standard InChI is InChI=1S/C25H22O7/c1-10(2)13-9-14-21(29)18-15(27)7-11(26)8-16(18)31-23(14)19-17(13)22(30)24-12(20(19)28)5-6-25(3,4)32-24/h5-8,13,26-28,30H,1,9H2,2-4H3. The Morgan fingerprint density at radius 3 is 2.56 bits per heavy atom. The zero-order chi connectivity index (χ0) is 23.1. The molecule has 0 bridgehead atoms. The summed E-state index contributed by atoms with van der Waals surface area (Å²) in [6, 6.07) is 2.30. The number of allylic oxidation sites excluding steroid dienone is 1. The lowest BCUT2D eigenvalue weighted by Crippen LogP contribution is -2.28. The van der Waals surface area contributed by atoms with Crippen molar-refractivity contribution >= 4 is 17.0 Å². The van der Waals surface area contributed by atoms with E-state index in [-0.39, 0.29) is 62.8 Å². The molecule has 2 heterocycles. The molecule has 7 nitrogen and oxygen atoms in total. The van der Waals surface area contributed by atoms with E-state index in [0.717, 1.165) is 6.07 Å². The molecule has 0 spiro atoms. The first kappa shape index (κ1) is 20.1. The van der Waals surface area contributed by atoms with Gasteiger partial charge in [-0.3, -0.25) is 4.79 Å². The van der Waals surface area contributed by atoms with Crippen LogP contribution in [0.3, 0.4) is 0 Å². The van der Waals surface area contributed by atoms with Crippen LogP contribution in [0.1, 0.15) is 43.4 Å². The number of phenolic OH excluding ortho intramolecular Hbond substituents is 4. The molecule has 1 aliphatic carbocycles. The number of phenols is 4. The van der Waals surface area contributed by atoms with E-state index in [1.807, 2.05) is 13.8 Å². The molecule has 1 unspecified atom stereocenters. The molecule has 7 heteroatoms. The van der Waals surface area contributed by atoms with Gasteiger partial charge >= 0.3 is 0 Å². The normalized spacial score (nSPS) is 17.9. The Hall–Kier alpha value is -3.87. The SMILES string of the molecule is C=C(C)C1Cc2c(oc3cc(O)cc(O)c3c2=O)-c2c(O)c3c(c(O)c21)OC(C)(C)C=C3. The highest BCUT2D eigenvalue weighted by Gasteiger charge is 2.39. The first-order valence-corrected chi connectivity index (χ1v) is 10.2. The van der Waals surface area contributed by atoms with Crippen molar-refractivity contribution in [3.05, 3.63) is 57.3 Å². The Morgan fingerprint density at radius 2 is 1.88 bits per heavy atom. The maximum atomic E-state index is 13.3. The monoisotopic (exact) mass is 434 g/mol. The summed E-state index contributed by atoms with van der Waals surface area (Å²) in [5.41, 5.74) is 0.533. The van der Waals surface area contributed by atoms with Crippen LogP contribution in [0.15, 0.2) is 39.6 Å². The zero-order valence-electron chi connectivity index (χ0n) is 17.8. The van der Waals surface area contributed by atoms with Crippen LogP contribution in [-0.4, -0.2) is 26.0 Å². The second-order valence-corrected chi connectivity index (χ2v) is 8.95. The first-order valence-electron chi connectivity index (χ1n) is 10.2. The summed E-state index contributed by atoms with van der Waals surface area (Å²) < 4.78 is 11.9. The van der Waals surface area contributed by atoms with Gasteiger partial charge in [-0.25, -0.2) is 0 Å². The summed E-state index contributed by atoms with van der Waals surface area (Å²) in [4.78, 5) is 13.3. The van der Waals surface area contributed by atoms with Gasteiger partial charge in [0.15, 0.2) is 16.9 Å². The van der Waals surface area contributed by atoms with Gasteiger partial charge in [0.2, 0.25) is 0 Å². The Balaban J connectivity index is 1.94. The van der Waals surface area contributed by atoms with E-state index in [4.69, 9.17) is 9.15 Å². The topological polar surface area (TPSA) is 120 Å². The number of aromatic hydroxyl groups is 4. The summed E-state index contributed by atoms with van der Waals surface area (Å²) in [7, 11) is 0. The maximum Gasteiger partial charge on any atom is 0.200 e. The molecule has 1 atom stereocenters. The number of benzene rings is 2. The van der Waals surface area contributed by atoms with Gasteiger partial charge in [-0.1, -0.05) is 12.2 Å². The van der Waals surface area contributed by atoms with Crippen molar-refractivity contribution < 1.29 is 29.6 Å². The van der Waals surface area contributed by atoms with Crippen LogP contribution in [0.5, 0.6) is 28.7 Å². The fourth-order valence-corrected chi connectivity index (χ4v) is 4.58. The molecule has 164 valence electrons. The van der Waals surface area contributed by atoms with Gasteiger partial charge in [-0.05, 0) is 39.3 Å². The van der Waals surface area contributed by atoms with Crippen LogP contribution >= 0.6 is 0 Å². The zero-order valence-corrected chi connectivity index (χ0v) is 17.8. The van der Waals surface area contributed by atoms with E-state index in [9.17, 15) is 25.2 Å². The molecular weight excluding hydrogens is 412 g/mol. The number of fused-ring (bicyclic) bond motifs is 5. The molecule has 2 aliphatic rings. The summed E-state index contributed by atoms with van der Waals surface area (Å²) in [5.74, 6) is -1.28. The van der Waals surface area contributed by atoms with Gasteiger partial charge in [-0.15, -0.1) is 0 Å². The van der Waals surface area contributed by atoms with Crippen molar-refractivity contribution in [1.29, 1.82) is 0 Å². The summed E-state index contributed by atoms with van der Waals surface area (Å²) >= 11 is 0. The number of ether oxygens (including phenoxy) is 1. The van der Waals surface area contributed by atoms with Crippen molar-refractivity contribution in [3.63, 3.8) is 0 Å². The minimum atomic E-state index is -0.686. The largest absolute Gasteiger partial charge is 0.508 e. The minimum absolute atomic E-state index is 0.0319. The highest BCUT2D eigenvalue weighted by Crippen LogP contribution is 2.57. The molecule has 1 aromatic heterocycles. The lowest BCUT2D eigenvalue weighted by molar-refractivity contribution is 0.151. The predicted octanol–water partition coefficient (Wildman–Crippen LogP) is 4.68. The van der Waals surface area contributed by atoms with Crippen LogP contribution in [-0.2, 0) is 6.42 Å². The van der Waals surface area contributed by atoms with Crippen molar-refractivity contribution in [2.75, 3.05) is 0 Å². The van der Waals surface area contributed by atoms with E-state index >= 15 is 0 Å². The molecule has 5 rings (SSSR count). The van der Waals surface area contributed by atoms with Crippen LogP contribution < -0.4 is 10.2 Å². The minimum Gasteiger partial charge on any atom is -0.508 e. The van der Waals surface area contributed by atoms with Crippen molar-refractivity contribution in [2.24, 2.45) is 0 Å². The number of hydrogen-bond acceptors (Lipinski definition) is 7. The molecule has 0 saturated carbocycles. The van der Waals surface area contributed by atoms with Crippen LogP contribution in [0.25, 0.3) is 28.4 Å². The van der Waals surface area contributed by atoms with Gasteiger partial charge in [0.05, 0.1) is 11.1 Å². The lowest BCUT2D eigenvalue weighted by atomic mass is 9.76. The molecular formula is C25H22O7.